The fourth-order valence-electron chi connectivity index (χ4n) is 1.54. The summed E-state index contributed by atoms with van der Waals surface area (Å²) >= 11 is 10.2. The highest BCUT2D eigenvalue weighted by molar-refractivity contribution is 9.11. The Morgan fingerprint density at radius 3 is 2.82 bits per heavy atom. The summed E-state index contributed by atoms with van der Waals surface area (Å²) in [6.45, 7) is 1.95. The summed E-state index contributed by atoms with van der Waals surface area (Å²) in [6.07, 6.45) is 0.722. The average molecular weight is 361 g/mol. The van der Waals surface area contributed by atoms with Crippen LogP contribution in [0, 0.1) is 0 Å². The fraction of sp³-hybridized carbons (Fsp3) is 0.556. The monoisotopic (exact) mass is 359 g/mol. The van der Waals surface area contributed by atoms with Gasteiger partial charge in [0.25, 0.3) is 10.0 Å². The van der Waals surface area contributed by atoms with Gasteiger partial charge in [0.2, 0.25) is 0 Å². The smallest absolute Gasteiger partial charge is 0.252 e. The molecule has 0 spiro atoms. The van der Waals surface area contributed by atoms with Crippen molar-refractivity contribution in [1.82, 2.24) is 4.31 Å². The Morgan fingerprint density at radius 1 is 1.41 bits per heavy atom. The molecule has 1 aliphatic heterocycles. The first-order valence-electron chi connectivity index (χ1n) is 5.04. The lowest BCUT2D eigenvalue weighted by atomic mass is 10.5. The van der Waals surface area contributed by atoms with E-state index in [0.717, 1.165) is 17.8 Å². The number of halogens is 2. The molecule has 2 rings (SSSR count). The molecular formula is C9H11BrClNO3S2. The van der Waals surface area contributed by atoms with Crippen molar-refractivity contribution in [2.45, 2.75) is 10.6 Å². The van der Waals surface area contributed by atoms with Crippen molar-refractivity contribution in [1.29, 1.82) is 0 Å². The van der Waals surface area contributed by atoms with Crippen molar-refractivity contribution in [2.24, 2.45) is 0 Å². The molecule has 0 N–H and O–H groups in total. The lowest BCUT2D eigenvalue weighted by Crippen LogP contribution is -2.32. The van der Waals surface area contributed by atoms with Gasteiger partial charge >= 0.3 is 0 Å². The first-order chi connectivity index (χ1) is 8.01. The molecule has 4 nitrogen and oxygen atoms in total. The maximum absolute atomic E-state index is 12.3. The molecule has 0 amide bonds. The van der Waals surface area contributed by atoms with E-state index in [-0.39, 0.29) is 4.21 Å². The van der Waals surface area contributed by atoms with E-state index in [1.54, 1.807) is 0 Å². The lowest BCUT2D eigenvalue weighted by Gasteiger charge is -2.17. The summed E-state index contributed by atoms with van der Waals surface area (Å²) in [4.78, 5) is 0. The van der Waals surface area contributed by atoms with Crippen LogP contribution in [0.25, 0.3) is 0 Å². The molecule has 0 radical (unpaired) electrons. The predicted octanol–water partition coefficient (Wildman–Crippen LogP) is 2.58. The third kappa shape index (κ3) is 3.02. The average Bonchev–Trinajstić information content (AvgIpc) is 2.54. The van der Waals surface area contributed by atoms with Gasteiger partial charge in [0, 0.05) is 19.7 Å². The van der Waals surface area contributed by atoms with Gasteiger partial charge in [0.05, 0.1) is 15.4 Å². The van der Waals surface area contributed by atoms with Gasteiger partial charge in [-0.2, -0.15) is 4.31 Å². The van der Waals surface area contributed by atoms with Gasteiger partial charge in [-0.1, -0.05) is 11.6 Å². The Hall–Kier alpha value is 0.340. The van der Waals surface area contributed by atoms with Crippen LogP contribution in [0.4, 0.5) is 0 Å². The number of ether oxygens (including phenoxy) is 1. The van der Waals surface area contributed by atoms with Crippen molar-refractivity contribution < 1.29 is 13.2 Å². The summed E-state index contributed by atoms with van der Waals surface area (Å²) in [5.41, 5.74) is 0. The Morgan fingerprint density at radius 2 is 2.18 bits per heavy atom. The highest BCUT2D eigenvalue weighted by Crippen LogP contribution is 2.36. The minimum Gasteiger partial charge on any atom is -0.380 e. The van der Waals surface area contributed by atoms with Crippen molar-refractivity contribution in [2.75, 3.05) is 26.3 Å². The largest absolute Gasteiger partial charge is 0.380 e. The topological polar surface area (TPSA) is 46.6 Å². The van der Waals surface area contributed by atoms with E-state index in [4.69, 9.17) is 16.3 Å². The normalized spacial score (nSPS) is 19.2. The predicted molar refractivity (Wildman–Crippen MR) is 71.2 cm³/mol. The van der Waals surface area contributed by atoms with E-state index in [1.807, 2.05) is 0 Å². The molecule has 8 heteroatoms. The third-order valence-electron chi connectivity index (χ3n) is 2.40. The molecule has 0 bridgehead atoms. The second-order valence-electron chi connectivity index (χ2n) is 3.56. The summed E-state index contributed by atoms with van der Waals surface area (Å²) in [5.74, 6) is 0. The Bertz CT molecular complexity index is 475. The van der Waals surface area contributed by atoms with Gasteiger partial charge < -0.3 is 4.74 Å². The third-order valence-corrected chi connectivity index (χ3v) is 7.22. The zero-order chi connectivity index (χ0) is 12.5. The van der Waals surface area contributed by atoms with Crippen LogP contribution in [0.5, 0.6) is 0 Å². The van der Waals surface area contributed by atoms with Crippen LogP contribution in [0.15, 0.2) is 14.1 Å². The van der Waals surface area contributed by atoms with Gasteiger partial charge in [0.15, 0.2) is 0 Å². The van der Waals surface area contributed by atoms with E-state index in [0.29, 0.717) is 35.1 Å². The first kappa shape index (κ1) is 13.8. The number of thiophene rings is 1. The van der Waals surface area contributed by atoms with Gasteiger partial charge in [-0.25, -0.2) is 8.42 Å². The maximum atomic E-state index is 12.3. The molecule has 0 aliphatic carbocycles. The van der Waals surface area contributed by atoms with Gasteiger partial charge in [-0.3, -0.25) is 0 Å². The molecular weight excluding hydrogens is 350 g/mol. The molecule has 0 atom stereocenters. The highest BCUT2D eigenvalue weighted by atomic mass is 79.9. The first-order valence-corrected chi connectivity index (χ1v) is 8.47. The quantitative estimate of drug-likeness (QED) is 0.814. The molecule has 0 saturated carbocycles. The molecule has 96 valence electrons. The van der Waals surface area contributed by atoms with E-state index >= 15 is 0 Å². The SMILES string of the molecule is O=S(=O)(c1cc(Cl)c(Br)s1)N1CCCOCC1. The molecule has 0 aromatic carbocycles. The molecule has 1 aromatic rings. The molecule has 1 aromatic heterocycles. The molecule has 1 aliphatic rings. The molecule has 1 fully saturated rings. The Labute approximate surface area is 118 Å². The van der Waals surface area contributed by atoms with Gasteiger partial charge in [0.1, 0.15) is 4.21 Å². The fourth-order valence-corrected chi connectivity index (χ4v) is 5.56. The molecule has 17 heavy (non-hydrogen) atoms. The number of nitrogens with zero attached hydrogens (tertiary/aromatic N) is 1. The summed E-state index contributed by atoms with van der Waals surface area (Å²) < 4.78 is 32.2. The minimum atomic E-state index is -3.43. The van der Waals surface area contributed by atoms with Gasteiger partial charge in [-0.05, 0) is 28.4 Å². The maximum Gasteiger partial charge on any atom is 0.252 e. The Balaban J connectivity index is 2.28. The second-order valence-corrected chi connectivity index (χ2v) is 8.50. The van der Waals surface area contributed by atoms with Gasteiger partial charge in [-0.15, -0.1) is 11.3 Å². The van der Waals surface area contributed by atoms with Crippen molar-refractivity contribution in [3.8, 4) is 0 Å². The molecule has 1 saturated heterocycles. The van der Waals surface area contributed by atoms with Crippen LogP contribution >= 0.6 is 38.9 Å². The standard InChI is InChI=1S/C9H11BrClNO3S2/c10-9-7(11)6-8(16-9)17(13,14)12-2-1-4-15-5-3-12/h6H,1-5H2. The summed E-state index contributed by atoms with van der Waals surface area (Å²) in [6, 6.07) is 1.48. The van der Waals surface area contributed by atoms with Crippen LogP contribution < -0.4 is 0 Å². The van der Waals surface area contributed by atoms with E-state index in [1.165, 1.54) is 10.4 Å². The number of hydrogen-bond donors (Lipinski definition) is 0. The molecule has 2 heterocycles. The van der Waals surface area contributed by atoms with E-state index in [9.17, 15) is 8.42 Å². The summed E-state index contributed by atoms with van der Waals surface area (Å²) in [5, 5.41) is 0.430. The van der Waals surface area contributed by atoms with Crippen LogP contribution in [-0.4, -0.2) is 39.0 Å². The highest BCUT2D eigenvalue weighted by Gasteiger charge is 2.27. The van der Waals surface area contributed by atoms with E-state index < -0.39 is 10.0 Å². The summed E-state index contributed by atoms with van der Waals surface area (Å²) in [7, 11) is -3.43. The zero-order valence-corrected chi connectivity index (χ0v) is 12.8. The second kappa shape index (κ2) is 5.54. The Kier molecular flexibility index (Phi) is 4.49. The molecule has 0 unspecified atom stereocenters. The lowest BCUT2D eigenvalue weighted by molar-refractivity contribution is 0.148. The number of hydrogen-bond acceptors (Lipinski definition) is 4. The van der Waals surface area contributed by atoms with Crippen molar-refractivity contribution in [3.63, 3.8) is 0 Å². The van der Waals surface area contributed by atoms with Crippen LogP contribution in [0.2, 0.25) is 5.02 Å². The minimum absolute atomic E-state index is 0.274. The number of sulfonamides is 1. The van der Waals surface area contributed by atoms with Crippen LogP contribution in [0.1, 0.15) is 6.42 Å². The van der Waals surface area contributed by atoms with E-state index in [2.05, 4.69) is 15.9 Å². The van der Waals surface area contributed by atoms with Crippen molar-refractivity contribution in [3.05, 3.63) is 14.9 Å². The number of rotatable bonds is 2. The zero-order valence-electron chi connectivity index (χ0n) is 8.86. The van der Waals surface area contributed by atoms with Crippen LogP contribution in [0.3, 0.4) is 0 Å². The van der Waals surface area contributed by atoms with Crippen molar-refractivity contribution >= 4 is 48.9 Å². The van der Waals surface area contributed by atoms with Crippen LogP contribution in [-0.2, 0) is 14.8 Å².